The number of piperazine rings is 1. The van der Waals surface area contributed by atoms with Gasteiger partial charge in [0, 0.05) is 42.0 Å². The Kier molecular flexibility index (Phi) is 6.60. The lowest BCUT2D eigenvalue weighted by Gasteiger charge is -2.40. The van der Waals surface area contributed by atoms with Crippen molar-refractivity contribution in [2.24, 2.45) is 0 Å². The van der Waals surface area contributed by atoms with Crippen LogP contribution >= 0.6 is 0 Å². The van der Waals surface area contributed by atoms with Gasteiger partial charge in [0.15, 0.2) is 5.82 Å². The lowest BCUT2D eigenvalue weighted by Crippen LogP contribution is -2.55. The molecule has 0 saturated carbocycles. The van der Waals surface area contributed by atoms with Crippen molar-refractivity contribution >= 4 is 28.3 Å². The van der Waals surface area contributed by atoms with Gasteiger partial charge in [-0.3, -0.25) is 0 Å². The van der Waals surface area contributed by atoms with Gasteiger partial charge in [-0.15, -0.1) is 10.2 Å². The molecule has 38 heavy (non-hydrogen) atoms. The first kappa shape index (κ1) is 25.4. The fourth-order valence-electron chi connectivity index (χ4n) is 4.57. The monoisotopic (exact) mass is 527 g/mol. The van der Waals surface area contributed by atoms with E-state index >= 15 is 0 Å². The van der Waals surface area contributed by atoms with E-state index in [9.17, 15) is 26.7 Å². The lowest BCUT2D eigenvalue weighted by molar-refractivity contribution is -0.137. The molecule has 0 radical (unpaired) electrons. The summed E-state index contributed by atoms with van der Waals surface area (Å²) in [7, 11) is 0. The topological polar surface area (TPSA) is 61.4 Å². The Balaban J connectivity index is 1.34. The molecule has 0 spiro atoms. The summed E-state index contributed by atoms with van der Waals surface area (Å²) in [5.74, 6) is -0.880. The molecule has 1 N–H and O–H groups in total. The molecule has 1 aromatic heterocycles. The van der Waals surface area contributed by atoms with E-state index in [1.54, 1.807) is 12.1 Å². The normalized spacial score (nSPS) is 16.1. The average molecular weight is 527 g/mol. The fraction of sp³-hybridized carbons (Fsp3) is 0.222. The molecule has 3 aromatic carbocycles. The Bertz CT molecular complexity index is 1490. The number of hydrogen-bond acceptors (Lipinski definition) is 4. The van der Waals surface area contributed by atoms with Gasteiger partial charge in [0.2, 0.25) is 0 Å². The molecule has 0 aliphatic carbocycles. The second-order valence-electron chi connectivity index (χ2n) is 9.04. The Morgan fingerprint density at radius 1 is 0.947 bits per heavy atom. The van der Waals surface area contributed by atoms with Crippen LogP contribution in [0.1, 0.15) is 12.5 Å². The molecule has 1 aliphatic rings. The van der Waals surface area contributed by atoms with Gasteiger partial charge in [-0.05, 0) is 49.4 Å². The van der Waals surface area contributed by atoms with E-state index in [-0.39, 0.29) is 30.6 Å². The molecule has 1 atom stereocenters. The van der Waals surface area contributed by atoms with Crippen molar-refractivity contribution in [3.63, 3.8) is 0 Å². The zero-order chi connectivity index (χ0) is 27.0. The Morgan fingerprint density at radius 3 is 2.32 bits per heavy atom. The highest BCUT2D eigenvalue weighted by Gasteiger charge is 2.32. The summed E-state index contributed by atoms with van der Waals surface area (Å²) in [4.78, 5) is 16.3. The molecule has 0 bridgehead atoms. The van der Waals surface area contributed by atoms with Crippen LogP contribution in [0, 0.1) is 11.6 Å². The van der Waals surface area contributed by atoms with E-state index in [0.29, 0.717) is 24.1 Å². The molecular weight excluding hydrogens is 505 g/mol. The van der Waals surface area contributed by atoms with Crippen LogP contribution in [0.25, 0.3) is 22.0 Å². The summed E-state index contributed by atoms with van der Waals surface area (Å²) in [5.41, 5.74) is -0.111. The standard InChI is InChI=1S/C27H22F5N5O/c1-16-15-36(26(38)33-23-11-8-18(14-22(23)29)27(30,31)32)12-13-37(16)25-21-5-3-2-4-20(21)24(34-35-25)17-6-9-19(28)10-7-17/h2-11,14,16H,12-13,15H2,1H3,(H,33,38). The highest BCUT2D eigenvalue weighted by atomic mass is 19.4. The number of nitrogens with zero attached hydrogens (tertiary/aromatic N) is 4. The predicted molar refractivity (Wildman–Crippen MR) is 134 cm³/mol. The van der Waals surface area contributed by atoms with E-state index in [2.05, 4.69) is 15.5 Å². The molecule has 2 amide bonds. The number of rotatable bonds is 3. The smallest absolute Gasteiger partial charge is 0.348 e. The highest BCUT2D eigenvalue weighted by Crippen LogP contribution is 2.34. The Labute approximate surface area is 214 Å². The number of amides is 2. The van der Waals surface area contributed by atoms with Crippen LogP contribution in [0.5, 0.6) is 0 Å². The SMILES string of the molecule is CC1CN(C(=O)Nc2ccc(C(F)(F)F)cc2F)CCN1c1nnc(-c2ccc(F)cc2)c2ccccc12. The van der Waals surface area contributed by atoms with Crippen molar-refractivity contribution in [1.29, 1.82) is 0 Å². The first-order chi connectivity index (χ1) is 18.1. The van der Waals surface area contributed by atoms with Gasteiger partial charge in [-0.2, -0.15) is 13.2 Å². The van der Waals surface area contributed by atoms with E-state index in [1.807, 2.05) is 36.1 Å². The maximum Gasteiger partial charge on any atom is 0.416 e. The van der Waals surface area contributed by atoms with Gasteiger partial charge in [0.25, 0.3) is 0 Å². The number of alkyl halides is 3. The van der Waals surface area contributed by atoms with E-state index in [4.69, 9.17) is 0 Å². The summed E-state index contributed by atoms with van der Waals surface area (Å²) < 4.78 is 66.0. The van der Waals surface area contributed by atoms with Gasteiger partial charge in [0.1, 0.15) is 17.3 Å². The molecule has 1 aliphatic heterocycles. The molecule has 5 rings (SSSR count). The number of halogens is 5. The maximum absolute atomic E-state index is 14.2. The zero-order valence-electron chi connectivity index (χ0n) is 20.1. The fourth-order valence-corrected chi connectivity index (χ4v) is 4.57. The summed E-state index contributed by atoms with van der Waals surface area (Å²) in [5, 5.41) is 13.0. The number of nitrogens with one attached hydrogen (secondary N) is 1. The second kappa shape index (κ2) is 9.88. The third-order valence-corrected chi connectivity index (χ3v) is 6.51. The van der Waals surface area contributed by atoms with Crippen molar-refractivity contribution in [2.75, 3.05) is 29.9 Å². The van der Waals surface area contributed by atoms with Crippen molar-refractivity contribution in [1.82, 2.24) is 15.1 Å². The van der Waals surface area contributed by atoms with Crippen LogP contribution in [-0.4, -0.2) is 46.8 Å². The first-order valence-electron chi connectivity index (χ1n) is 11.8. The quantitative estimate of drug-likeness (QED) is 0.316. The average Bonchev–Trinajstić information content (AvgIpc) is 2.89. The second-order valence-corrected chi connectivity index (χ2v) is 9.04. The minimum atomic E-state index is -4.68. The van der Waals surface area contributed by atoms with Crippen molar-refractivity contribution < 1.29 is 26.7 Å². The van der Waals surface area contributed by atoms with Crippen LogP contribution in [0.3, 0.4) is 0 Å². The van der Waals surface area contributed by atoms with Crippen LogP contribution in [0.4, 0.5) is 38.3 Å². The molecule has 2 heterocycles. The number of carbonyl (C=O) groups is 1. The number of carbonyl (C=O) groups excluding carboxylic acids is 1. The molecule has 1 unspecified atom stereocenters. The number of fused-ring (bicyclic) bond motifs is 1. The lowest BCUT2D eigenvalue weighted by atomic mass is 10.0. The van der Waals surface area contributed by atoms with Crippen molar-refractivity contribution in [3.8, 4) is 11.3 Å². The molecule has 11 heteroatoms. The molecule has 4 aromatic rings. The minimum Gasteiger partial charge on any atom is -0.348 e. The summed E-state index contributed by atoms with van der Waals surface area (Å²) in [6.45, 7) is 2.85. The predicted octanol–water partition coefficient (Wildman–Crippen LogP) is 6.34. The maximum atomic E-state index is 14.2. The van der Waals surface area contributed by atoms with E-state index in [1.165, 1.54) is 17.0 Å². The third-order valence-electron chi connectivity index (χ3n) is 6.51. The van der Waals surface area contributed by atoms with Crippen LogP contribution in [0.2, 0.25) is 0 Å². The number of benzene rings is 3. The van der Waals surface area contributed by atoms with E-state index < -0.39 is 23.6 Å². The molecule has 1 fully saturated rings. The third kappa shape index (κ3) is 4.96. The van der Waals surface area contributed by atoms with Crippen LogP contribution in [-0.2, 0) is 6.18 Å². The Morgan fingerprint density at radius 2 is 1.66 bits per heavy atom. The van der Waals surface area contributed by atoms with Gasteiger partial charge in [-0.25, -0.2) is 13.6 Å². The number of hydrogen-bond donors (Lipinski definition) is 1. The van der Waals surface area contributed by atoms with Gasteiger partial charge in [0.05, 0.1) is 11.3 Å². The molecular formula is C27H22F5N5O. The highest BCUT2D eigenvalue weighted by molar-refractivity contribution is 6.00. The number of aromatic nitrogens is 2. The van der Waals surface area contributed by atoms with Gasteiger partial charge < -0.3 is 15.1 Å². The largest absolute Gasteiger partial charge is 0.416 e. The molecule has 196 valence electrons. The molecule has 1 saturated heterocycles. The van der Waals surface area contributed by atoms with Crippen LogP contribution in [0.15, 0.2) is 66.7 Å². The zero-order valence-corrected chi connectivity index (χ0v) is 20.1. The van der Waals surface area contributed by atoms with Crippen molar-refractivity contribution in [2.45, 2.75) is 19.1 Å². The van der Waals surface area contributed by atoms with Gasteiger partial charge >= 0.3 is 12.2 Å². The summed E-state index contributed by atoms with van der Waals surface area (Å²) in [6.07, 6.45) is -4.68. The van der Waals surface area contributed by atoms with E-state index in [0.717, 1.165) is 28.5 Å². The number of urea groups is 1. The first-order valence-corrected chi connectivity index (χ1v) is 11.8. The number of anilines is 2. The van der Waals surface area contributed by atoms with Gasteiger partial charge in [-0.1, -0.05) is 24.3 Å². The minimum absolute atomic E-state index is 0.193. The molecule has 6 nitrogen and oxygen atoms in total. The van der Waals surface area contributed by atoms with Crippen molar-refractivity contribution in [3.05, 3.63) is 83.9 Å². The van der Waals surface area contributed by atoms with Crippen LogP contribution < -0.4 is 10.2 Å². The summed E-state index contributed by atoms with van der Waals surface area (Å²) in [6, 6.07) is 14.8. The summed E-state index contributed by atoms with van der Waals surface area (Å²) >= 11 is 0. The Hall–Kier alpha value is -4.28.